The maximum Gasteiger partial charge on any atom is 0.347 e. The molecule has 12 nitrogen and oxygen atoms in total. The van der Waals surface area contributed by atoms with Crippen molar-refractivity contribution in [3.05, 3.63) is 77.2 Å². The van der Waals surface area contributed by atoms with Crippen molar-refractivity contribution < 1.29 is 9.52 Å². The molecular weight excluding hydrogens is 384 g/mol. The van der Waals surface area contributed by atoms with Crippen LogP contribution in [0.25, 0.3) is 0 Å². The number of furan rings is 1. The quantitative estimate of drug-likeness (QED) is 0.488. The minimum absolute atomic E-state index is 0.0220. The van der Waals surface area contributed by atoms with Crippen LogP contribution in [-0.2, 0) is 33.8 Å². The number of nitrogens with zero attached hydrogens (tertiary/aromatic N) is 6. The maximum atomic E-state index is 12.8. The van der Waals surface area contributed by atoms with E-state index in [2.05, 4.69) is 0 Å². The molecule has 3 aromatic heterocycles. The van der Waals surface area contributed by atoms with Crippen LogP contribution >= 0.6 is 0 Å². The maximum absolute atomic E-state index is 12.8. The van der Waals surface area contributed by atoms with Gasteiger partial charge in [0.05, 0.1) is 19.1 Å². The Balaban J connectivity index is 1.82. The molecule has 5 rings (SSSR count). The molecular formula is C17H18N6O6. The van der Waals surface area contributed by atoms with E-state index in [1.54, 1.807) is 18.2 Å². The predicted molar refractivity (Wildman–Crippen MR) is 97.8 cm³/mol. The Morgan fingerprint density at radius 3 is 2.28 bits per heavy atom. The molecule has 0 fully saturated rings. The molecule has 3 aromatic rings. The lowest BCUT2D eigenvalue weighted by Crippen LogP contribution is -2.46. The zero-order valence-corrected chi connectivity index (χ0v) is 15.7. The standard InChI is InChI=1S/C17H18N6O6/c1-18-14(25)20-6-5-10-11(22(20)16(18)27)7-21-15(26)19(2)17(28)23(21)13(10)12-4-3-9(8-24)29-12/h3-5,11,13,24H,6-8H2,1-2H3/t11-,13-/m1/s1. The first kappa shape index (κ1) is 17.6. The van der Waals surface area contributed by atoms with Crippen LogP contribution in [0.4, 0.5) is 0 Å². The van der Waals surface area contributed by atoms with Gasteiger partial charge in [0, 0.05) is 14.1 Å². The largest absolute Gasteiger partial charge is 0.461 e. The zero-order valence-electron chi connectivity index (χ0n) is 15.7. The van der Waals surface area contributed by atoms with Gasteiger partial charge in [-0.2, -0.15) is 0 Å². The predicted octanol–water partition coefficient (Wildman–Crippen LogP) is -2.12. The van der Waals surface area contributed by atoms with E-state index in [0.29, 0.717) is 17.1 Å². The van der Waals surface area contributed by atoms with Crippen molar-refractivity contribution in [2.75, 3.05) is 0 Å². The summed E-state index contributed by atoms with van der Waals surface area (Å²) in [6.07, 6.45) is 1.78. The van der Waals surface area contributed by atoms with E-state index in [0.717, 1.165) is 9.13 Å². The number of hydrogen-bond donors (Lipinski definition) is 1. The molecule has 1 N–H and O–H groups in total. The fraction of sp³-hybridized carbons (Fsp3) is 0.412. The average Bonchev–Trinajstić information content (AvgIpc) is 3.35. The third-order valence-electron chi connectivity index (χ3n) is 5.70. The summed E-state index contributed by atoms with van der Waals surface area (Å²) in [4.78, 5) is 50.6. The molecule has 2 aliphatic rings. The lowest BCUT2D eigenvalue weighted by molar-refractivity contribution is 0.216. The monoisotopic (exact) mass is 402 g/mol. The van der Waals surface area contributed by atoms with Crippen molar-refractivity contribution in [1.82, 2.24) is 27.9 Å². The molecule has 0 unspecified atom stereocenters. The Morgan fingerprint density at radius 1 is 0.966 bits per heavy atom. The normalized spacial score (nSPS) is 20.2. The first-order valence-corrected chi connectivity index (χ1v) is 9.01. The first-order chi connectivity index (χ1) is 13.8. The van der Waals surface area contributed by atoms with Gasteiger partial charge < -0.3 is 9.52 Å². The summed E-state index contributed by atoms with van der Waals surface area (Å²) in [5.41, 5.74) is -1.34. The SMILES string of the molecule is Cn1c(=O)n2n(c1=O)[C@@H]1Cn3c(=O)n(C)c(=O)n3[C@@H](c3ccc(CO)o3)C1=CC2. The Bertz CT molecular complexity index is 1420. The highest BCUT2D eigenvalue weighted by Gasteiger charge is 2.41. The van der Waals surface area contributed by atoms with E-state index in [4.69, 9.17) is 4.42 Å². The minimum Gasteiger partial charge on any atom is -0.461 e. The summed E-state index contributed by atoms with van der Waals surface area (Å²) in [7, 11) is 2.78. The molecule has 0 radical (unpaired) electrons. The van der Waals surface area contributed by atoms with Gasteiger partial charge in [0.2, 0.25) is 0 Å². The topological polar surface area (TPSA) is 131 Å². The first-order valence-electron chi connectivity index (χ1n) is 9.01. The number of aliphatic hydroxyl groups is 1. The molecule has 5 heterocycles. The fourth-order valence-corrected chi connectivity index (χ4v) is 4.25. The van der Waals surface area contributed by atoms with Gasteiger partial charge in [-0.15, -0.1) is 0 Å². The second kappa shape index (κ2) is 5.73. The Labute approximate surface area is 161 Å². The number of rotatable bonds is 2. The Morgan fingerprint density at radius 2 is 1.62 bits per heavy atom. The molecule has 0 amide bonds. The second-order valence-corrected chi connectivity index (χ2v) is 7.19. The third-order valence-corrected chi connectivity index (χ3v) is 5.70. The number of hydrogen-bond acceptors (Lipinski definition) is 6. The van der Waals surface area contributed by atoms with Crippen molar-refractivity contribution in [2.24, 2.45) is 14.1 Å². The van der Waals surface area contributed by atoms with E-state index in [9.17, 15) is 24.3 Å². The lowest BCUT2D eigenvalue weighted by Gasteiger charge is -2.36. The van der Waals surface area contributed by atoms with Gasteiger partial charge in [0.15, 0.2) is 0 Å². The number of allylic oxidation sites excluding steroid dienone is 2. The van der Waals surface area contributed by atoms with Gasteiger partial charge in [-0.1, -0.05) is 6.08 Å². The zero-order chi connectivity index (χ0) is 20.6. The van der Waals surface area contributed by atoms with Crippen molar-refractivity contribution in [3.63, 3.8) is 0 Å². The van der Waals surface area contributed by atoms with Crippen molar-refractivity contribution in [1.29, 1.82) is 0 Å². The summed E-state index contributed by atoms with van der Waals surface area (Å²) in [5, 5.41) is 9.36. The average molecular weight is 402 g/mol. The van der Waals surface area contributed by atoms with Gasteiger partial charge in [-0.3, -0.25) is 0 Å². The molecule has 0 aromatic carbocycles. The van der Waals surface area contributed by atoms with Crippen LogP contribution < -0.4 is 22.8 Å². The number of aliphatic hydroxyl groups excluding tert-OH is 1. The van der Waals surface area contributed by atoms with Gasteiger partial charge in [0.25, 0.3) is 0 Å². The molecule has 2 atom stereocenters. The van der Waals surface area contributed by atoms with E-state index < -0.39 is 34.8 Å². The number of fused-ring (bicyclic) bond motifs is 4. The van der Waals surface area contributed by atoms with E-state index >= 15 is 0 Å². The van der Waals surface area contributed by atoms with Gasteiger partial charge in [-0.05, 0) is 17.7 Å². The van der Waals surface area contributed by atoms with Crippen molar-refractivity contribution in [3.8, 4) is 0 Å². The highest BCUT2D eigenvalue weighted by molar-refractivity contribution is 5.29. The van der Waals surface area contributed by atoms with E-state index in [1.165, 1.54) is 32.8 Å². The molecule has 12 heteroatoms. The molecule has 29 heavy (non-hydrogen) atoms. The van der Waals surface area contributed by atoms with Crippen LogP contribution in [-0.4, -0.2) is 33.0 Å². The third kappa shape index (κ3) is 2.11. The summed E-state index contributed by atoms with van der Waals surface area (Å²) < 4.78 is 12.9. The van der Waals surface area contributed by atoms with Crippen molar-refractivity contribution in [2.45, 2.75) is 31.8 Å². The highest BCUT2D eigenvalue weighted by atomic mass is 16.4. The van der Waals surface area contributed by atoms with Crippen LogP contribution in [0.15, 0.2) is 47.4 Å². The smallest absolute Gasteiger partial charge is 0.347 e. The van der Waals surface area contributed by atoms with Crippen LogP contribution in [0.3, 0.4) is 0 Å². The summed E-state index contributed by atoms with van der Waals surface area (Å²) in [5.74, 6) is 0.663. The van der Waals surface area contributed by atoms with Gasteiger partial charge in [0.1, 0.15) is 24.2 Å². The van der Waals surface area contributed by atoms with Gasteiger partial charge >= 0.3 is 22.8 Å². The summed E-state index contributed by atoms with van der Waals surface area (Å²) in [6, 6.07) is 1.79. The summed E-state index contributed by atoms with van der Waals surface area (Å²) in [6.45, 7) is -0.145. The molecule has 2 aliphatic heterocycles. The van der Waals surface area contributed by atoms with Crippen LogP contribution in [0.2, 0.25) is 0 Å². The minimum atomic E-state index is -0.786. The molecule has 152 valence electrons. The highest BCUT2D eigenvalue weighted by Crippen LogP contribution is 2.38. The molecule has 0 aliphatic carbocycles. The Hall–Kier alpha value is -3.54. The molecule has 0 spiro atoms. The number of aromatic nitrogens is 6. The molecule has 0 saturated heterocycles. The van der Waals surface area contributed by atoms with Crippen LogP contribution in [0.5, 0.6) is 0 Å². The van der Waals surface area contributed by atoms with E-state index in [1.807, 2.05) is 0 Å². The van der Waals surface area contributed by atoms with Crippen molar-refractivity contribution >= 4 is 0 Å². The van der Waals surface area contributed by atoms with Crippen LogP contribution in [0, 0.1) is 0 Å². The fourth-order valence-electron chi connectivity index (χ4n) is 4.25. The molecule has 0 bridgehead atoms. The second-order valence-electron chi connectivity index (χ2n) is 7.19. The van der Waals surface area contributed by atoms with Crippen LogP contribution in [0.1, 0.15) is 23.6 Å². The Kier molecular flexibility index (Phi) is 3.47. The lowest BCUT2D eigenvalue weighted by atomic mass is 9.94. The molecule has 0 saturated carbocycles. The van der Waals surface area contributed by atoms with Gasteiger partial charge in [-0.25, -0.2) is 47.0 Å². The summed E-state index contributed by atoms with van der Waals surface area (Å²) >= 11 is 0. The van der Waals surface area contributed by atoms with E-state index in [-0.39, 0.29) is 19.7 Å².